The van der Waals surface area contributed by atoms with Crippen molar-refractivity contribution in [2.24, 2.45) is 5.92 Å². The minimum atomic E-state index is 0.220. The van der Waals surface area contributed by atoms with E-state index in [0.29, 0.717) is 12.0 Å². The van der Waals surface area contributed by atoms with Crippen molar-refractivity contribution >= 4 is 0 Å². The Hall–Kier alpha value is -1.02. The maximum absolute atomic E-state index is 5.82. The number of rotatable bonds is 7. The molecule has 0 radical (unpaired) electrons. The molecule has 0 aliphatic rings. The summed E-state index contributed by atoms with van der Waals surface area (Å²) in [5.74, 6) is 1.69. The van der Waals surface area contributed by atoms with Crippen molar-refractivity contribution in [1.29, 1.82) is 0 Å². The molecule has 0 saturated carbocycles. The fourth-order valence-corrected chi connectivity index (χ4v) is 1.84. The normalized spacial score (nSPS) is 14.6. The van der Waals surface area contributed by atoms with Gasteiger partial charge in [-0.3, -0.25) is 0 Å². The Kier molecular flexibility index (Phi) is 6.20. The maximum atomic E-state index is 5.82. The van der Waals surface area contributed by atoms with E-state index in [9.17, 15) is 0 Å². The summed E-state index contributed by atoms with van der Waals surface area (Å²) >= 11 is 0. The van der Waals surface area contributed by atoms with E-state index in [1.54, 1.807) is 0 Å². The van der Waals surface area contributed by atoms with Crippen LogP contribution in [-0.2, 0) is 6.54 Å². The molecule has 102 valence electrons. The second-order valence-electron chi connectivity index (χ2n) is 5.33. The van der Waals surface area contributed by atoms with Crippen LogP contribution in [0.4, 0.5) is 0 Å². The van der Waals surface area contributed by atoms with Gasteiger partial charge in [0, 0.05) is 18.2 Å². The van der Waals surface area contributed by atoms with Gasteiger partial charge in [0.25, 0.3) is 0 Å². The molecule has 1 rings (SSSR count). The van der Waals surface area contributed by atoms with Crippen LogP contribution in [0.15, 0.2) is 24.3 Å². The van der Waals surface area contributed by atoms with E-state index in [1.807, 2.05) is 12.1 Å². The van der Waals surface area contributed by atoms with Gasteiger partial charge in [0.05, 0.1) is 6.10 Å². The molecule has 2 atom stereocenters. The van der Waals surface area contributed by atoms with Crippen molar-refractivity contribution in [1.82, 2.24) is 5.32 Å². The molecule has 0 aliphatic heterocycles. The van der Waals surface area contributed by atoms with Crippen LogP contribution < -0.4 is 10.1 Å². The highest BCUT2D eigenvalue weighted by Gasteiger charge is 2.11. The molecule has 2 nitrogen and oxygen atoms in total. The second-order valence-corrected chi connectivity index (χ2v) is 5.33. The summed E-state index contributed by atoms with van der Waals surface area (Å²) in [4.78, 5) is 0. The molecule has 2 heteroatoms. The van der Waals surface area contributed by atoms with Crippen LogP contribution in [0.2, 0.25) is 0 Å². The van der Waals surface area contributed by atoms with Gasteiger partial charge in [0.2, 0.25) is 0 Å². The number of ether oxygens (including phenoxy) is 1. The Balaban J connectivity index is 2.61. The highest BCUT2D eigenvalue weighted by atomic mass is 16.5. The minimum Gasteiger partial charge on any atom is -0.491 e. The molecule has 0 spiro atoms. The first-order valence-electron chi connectivity index (χ1n) is 7.02. The molecule has 0 aromatic heterocycles. The average Bonchev–Trinajstić information content (AvgIpc) is 2.35. The summed E-state index contributed by atoms with van der Waals surface area (Å²) < 4.78 is 5.82. The summed E-state index contributed by atoms with van der Waals surface area (Å²) in [5.41, 5.74) is 1.24. The smallest absolute Gasteiger partial charge is 0.124 e. The van der Waals surface area contributed by atoms with E-state index in [4.69, 9.17) is 4.74 Å². The second kappa shape index (κ2) is 7.42. The van der Waals surface area contributed by atoms with Gasteiger partial charge in [0.1, 0.15) is 5.75 Å². The van der Waals surface area contributed by atoms with Gasteiger partial charge in [-0.15, -0.1) is 0 Å². The van der Waals surface area contributed by atoms with E-state index in [2.05, 4.69) is 52.1 Å². The van der Waals surface area contributed by atoms with Crippen molar-refractivity contribution < 1.29 is 4.74 Å². The summed E-state index contributed by atoms with van der Waals surface area (Å²) in [6.45, 7) is 11.8. The van der Waals surface area contributed by atoms with Crippen molar-refractivity contribution in [3.05, 3.63) is 29.8 Å². The third kappa shape index (κ3) is 4.69. The predicted octanol–water partition coefficient (Wildman–Crippen LogP) is 4.00. The van der Waals surface area contributed by atoms with Crippen molar-refractivity contribution in [3.8, 4) is 5.75 Å². The summed E-state index contributed by atoms with van der Waals surface area (Å²) in [7, 11) is 0. The Labute approximate surface area is 112 Å². The molecule has 0 aliphatic carbocycles. The maximum Gasteiger partial charge on any atom is 0.124 e. The molecule has 0 heterocycles. The fourth-order valence-electron chi connectivity index (χ4n) is 1.84. The van der Waals surface area contributed by atoms with Crippen LogP contribution >= 0.6 is 0 Å². The van der Waals surface area contributed by atoms with Crippen molar-refractivity contribution in [3.63, 3.8) is 0 Å². The lowest BCUT2D eigenvalue weighted by Crippen LogP contribution is -2.31. The lowest BCUT2D eigenvalue weighted by molar-refractivity contribution is 0.239. The lowest BCUT2D eigenvalue weighted by Gasteiger charge is -2.21. The highest BCUT2D eigenvalue weighted by molar-refractivity contribution is 5.33. The van der Waals surface area contributed by atoms with Gasteiger partial charge in [-0.2, -0.15) is 0 Å². The minimum absolute atomic E-state index is 0.220. The molecule has 1 aromatic carbocycles. The van der Waals surface area contributed by atoms with Crippen LogP contribution in [0.1, 0.15) is 46.6 Å². The molecule has 0 fully saturated rings. The topological polar surface area (TPSA) is 21.3 Å². The lowest BCUT2D eigenvalue weighted by atomic mass is 10.0. The number of hydrogen-bond acceptors (Lipinski definition) is 2. The third-order valence-corrected chi connectivity index (χ3v) is 3.45. The van der Waals surface area contributed by atoms with Crippen LogP contribution in [0.3, 0.4) is 0 Å². The zero-order valence-electron chi connectivity index (χ0n) is 12.4. The highest BCUT2D eigenvalue weighted by Crippen LogP contribution is 2.19. The van der Waals surface area contributed by atoms with E-state index < -0.39 is 0 Å². The largest absolute Gasteiger partial charge is 0.491 e. The number of benzene rings is 1. The van der Waals surface area contributed by atoms with Crippen molar-refractivity contribution in [2.45, 2.75) is 59.7 Å². The first-order valence-corrected chi connectivity index (χ1v) is 7.02. The van der Waals surface area contributed by atoms with Gasteiger partial charge in [0.15, 0.2) is 0 Å². The SMILES string of the molecule is CCC(C)C(C)NCc1ccccc1OC(C)C. The summed E-state index contributed by atoms with van der Waals surface area (Å²) in [6.07, 6.45) is 1.43. The molecule has 2 unspecified atom stereocenters. The Bertz CT molecular complexity index is 349. The van der Waals surface area contributed by atoms with E-state index in [-0.39, 0.29) is 6.10 Å². The average molecular weight is 249 g/mol. The standard InChI is InChI=1S/C16H27NO/c1-6-13(4)14(5)17-11-15-9-7-8-10-16(15)18-12(2)3/h7-10,12-14,17H,6,11H2,1-5H3. The first-order chi connectivity index (χ1) is 8.54. The molecule has 0 bridgehead atoms. The van der Waals surface area contributed by atoms with Gasteiger partial charge < -0.3 is 10.1 Å². The molecular formula is C16H27NO. The van der Waals surface area contributed by atoms with Gasteiger partial charge in [-0.25, -0.2) is 0 Å². The van der Waals surface area contributed by atoms with Crippen LogP contribution in [0, 0.1) is 5.92 Å². The van der Waals surface area contributed by atoms with E-state index >= 15 is 0 Å². The van der Waals surface area contributed by atoms with Crippen molar-refractivity contribution in [2.75, 3.05) is 0 Å². The summed E-state index contributed by atoms with van der Waals surface area (Å²) in [6, 6.07) is 8.80. The molecule has 0 amide bonds. The van der Waals surface area contributed by atoms with Crippen LogP contribution in [-0.4, -0.2) is 12.1 Å². The molecule has 0 saturated heterocycles. The quantitative estimate of drug-likeness (QED) is 0.788. The molecule has 18 heavy (non-hydrogen) atoms. The van der Waals surface area contributed by atoms with E-state index in [0.717, 1.165) is 12.3 Å². The number of para-hydroxylation sites is 1. The zero-order valence-corrected chi connectivity index (χ0v) is 12.4. The molecule has 1 aromatic rings. The number of nitrogens with one attached hydrogen (secondary N) is 1. The molecule has 1 N–H and O–H groups in total. The van der Waals surface area contributed by atoms with Gasteiger partial charge in [-0.05, 0) is 32.8 Å². The van der Waals surface area contributed by atoms with Crippen LogP contribution in [0.25, 0.3) is 0 Å². The van der Waals surface area contributed by atoms with Gasteiger partial charge >= 0.3 is 0 Å². The summed E-state index contributed by atoms with van der Waals surface area (Å²) in [5, 5.41) is 3.58. The zero-order chi connectivity index (χ0) is 13.5. The van der Waals surface area contributed by atoms with E-state index in [1.165, 1.54) is 12.0 Å². The third-order valence-electron chi connectivity index (χ3n) is 3.45. The number of hydrogen-bond donors (Lipinski definition) is 1. The monoisotopic (exact) mass is 249 g/mol. The van der Waals surface area contributed by atoms with Gasteiger partial charge in [-0.1, -0.05) is 38.5 Å². The fraction of sp³-hybridized carbons (Fsp3) is 0.625. The Morgan fingerprint density at radius 2 is 1.78 bits per heavy atom. The predicted molar refractivity (Wildman–Crippen MR) is 78.0 cm³/mol. The van der Waals surface area contributed by atoms with Crippen LogP contribution in [0.5, 0.6) is 5.75 Å². The first kappa shape index (κ1) is 15.0. The Morgan fingerprint density at radius 3 is 2.39 bits per heavy atom. The molecular weight excluding hydrogens is 222 g/mol. The Morgan fingerprint density at radius 1 is 1.11 bits per heavy atom.